The van der Waals surface area contributed by atoms with Crippen molar-refractivity contribution in [3.8, 4) is 0 Å². The number of unbranched alkanes of at least 4 members (excludes halogenated alkanes) is 1. The number of amides is 1. The van der Waals surface area contributed by atoms with Crippen LogP contribution in [0.3, 0.4) is 0 Å². The fourth-order valence-corrected chi connectivity index (χ4v) is 6.82. The summed E-state index contributed by atoms with van der Waals surface area (Å²) in [4.78, 5) is 17.5. The molecule has 7 atom stereocenters. The zero-order valence-corrected chi connectivity index (χ0v) is 31.9. The Morgan fingerprint density at radius 3 is 2.56 bits per heavy atom. The molecule has 3 saturated heterocycles. The summed E-state index contributed by atoms with van der Waals surface area (Å²) < 4.78 is 43.8. The van der Waals surface area contributed by atoms with Gasteiger partial charge in [-0.1, -0.05) is 25.5 Å². The first-order valence-electron chi connectivity index (χ1n) is 18.5. The van der Waals surface area contributed by atoms with E-state index in [-0.39, 0.29) is 18.1 Å². The highest BCUT2D eigenvalue weighted by Crippen LogP contribution is 2.44. The Hall–Kier alpha value is -1.50. The molecule has 1 aromatic heterocycles. The molecule has 16 heteroatoms. The lowest BCUT2D eigenvalue weighted by Gasteiger charge is -2.43. The molecular formula is C34H62ClN7O8. The third-order valence-corrected chi connectivity index (χ3v) is 9.11. The number of fused-ring (bicyclic) bond motifs is 3. The van der Waals surface area contributed by atoms with E-state index in [2.05, 4.69) is 39.6 Å². The molecule has 50 heavy (non-hydrogen) atoms. The SMILES string of the molecule is CCCC(=O)N(CCNC(C)CC(CCCCNCl)NCC)Cc1cn(CCOCCOC2OC(C)(C)OC3C2OC2OC(C)(C)OC23)nn1. The predicted molar refractivity (Wildman–Crippen MR) is 187 cm³/mol. The quantitative estimate of drug-likeness (QED) is 0.106. The first-order chi connectivity index (χ1) is 23.9. The van der Waals surface area contributed by atoms with E-state index in [1.165, 1.54) is 0 Å². The number of hydrogen-bond donors (Lipinski definition) is 3. The molecule has 15 nitrogen and oxygen atoms in total. The molecule has 0 aromatic carbocycles. The molecule has 3 N–H and O–H groups in total. The van der Waals surface area contributed by atoms with Crippen LogP contribution in [0.15, 0.2) is 6.20 Å². The highest BCUT2D eigenvalue weighted by atomic mass is 35.5. The van der Waals surface area contributed by atoms with Crippen LogP contribution in [-0.2, 0) is 51.0 Å². The molecule has 0 spiro atoms. The Kier molecular flexibility index (Phi) is 16.6. The number of halogens is 1. The lowest BCUT2D eigenvalue weighted by Crippen LogP contribution is -2.56. The van der Waals surface area contributed by atoms with Crippen molar-refractivity contribution >= 4 is 17.7 Å². The van der Waals surface area contributed by atoms with E-state index < -0.39 is 30.3 Å². The van der Waals surface area contributed by atoms with E-state index in [1.54, 1.807) is 4.68 Å². The molecule has 4 rings (SSSR count). The molecule has 0 aliphatic carbocycles. The van der Waals surface area contributed by atoms with Gasteiger partial charge in [-0.15, -0.1) is 5.10 Å². The summed E-state index contributed by atoms with van der Waals surface area (Å²) in [6.07, 6.45) is 5.12. The van der Waals surface area contributed by atoms with Crippen molar-refractivity contribution in [2.45, 2.75) is 155 Å². The number of ether oxygens (including phenoxy) is 7. The second kappa shape index (κ2) is 20.1. The van der Waals surface area contributed by atoms with Crippen LogP contribution >= 0.6 is 11.8 Å². The van der Waals surface area contributed by atoms with Crippen LogP contribution in [0.5, 0.6) is 0 Å². The smallest absolute Gasteiger partial charge is 0.222 e. The summed E-state index contributed by atoms with van der Waals surface area (Å²) in [6, 6.07) is 0.767. The first-order valence-corrected chi connectivity index (χ1v) is 18.8. The van der Waals surface area contributed by atoms with Gasteiger partial charge in [0.15, 0.2) is 24.2 Å². The predicted octanol–water partition coefficient (Wildman–Crippen LogP) is 3.05. The molecule has 3 aliphatic heterocycles. The molecule has 3 aliphatic rings. The van der Waals surface area contributed by atoms with E-state index in [1.807, 2.05) is 45.7 Å². The fourth-order valence-electron chi connectivity index (χ4n) is 6.68. The van der Waals surface area contributed by atoms with Crippen molar-refractivity contribution in [3.63, 3.8) is 0 Å². The van der Waals surface area contributed by atoms with Crippen LogP contribution in [0.25, 0.3) is 0 Å². The minimum atomic E-state index is -0.865. The fraction of sp³-hybridized carbons (Fsp3) is 0.912. The topological polar surface area (TPSA) is 152 Å². The van der Waals surface area contributed by atoms with Gasteiger partial charge in [-0.05, 0) is 78.6 Å². The highest BCUT2D eigenvalue weighted by Gasteiger charge is 2.61. The second-order valence-electron chi connectivity index (χ2n) is 14.3. The number of nitrogens with zero attached hydrogens (tertiary/aromatic N) is 4. The molecule has 0 bridgehead atoms. The van der Waals surface area contributed by atoms with Crippen molar-refractivity contribution in [3.05, 3.63) is 11.9 Å². The maximum absolute atomic E-state index is 13.0. The van der Waals surface area contributed by atoms with Gasteiger partial charge in [-0.2, -0.15) is 0 Å². The summed E-state index contributed by atoms with van der Waals surface area (Å²) in [5, 5.41) is 15.8. The van der Waals surface area contributed by atoms with Gasteiger partial charge in [0, 0.05) is 38.1 Å². The van der Waals surface area contributed by atoms with Crippen molar-refractivity contribution in [2.75, 3.05) is 46.0 Å². The average Bonchev–Trinajstić information content (AvgIpc) is 3.72. The van der Waals surface area contributed by atoms with E-state index in [4.69, 9.17) is 44.9 Å². The van der Waals surface area contributed by atoms with E-state index in [9.17, 15) is 4.79 Å². The minimum absolute atomic E-state index is 0.122. The van der Waals surface area contributed by atoms with Crippen LogP contribution in [-0.4, -0.2) is 126 Å². The van der Waals surface area contributed by atoms with E-state index in [0.29, 0.717) is 64.5 Å². The van der Waals surface area contributed by atoms with Crippen LogP contribution in [0, 0.1) is 0 Å². The Balaban J connectivity index is 1.15. The normalized spacial score (nSPS) is 26.4. The zero-order valence-electron chi connectivity index (χ0n) is 31.2. The van der Waals surface area contributed by atoms with Crippen molar-refractivity contribution < 1.29 is 38.0 Å². The molecule has 4 heterocycles. The summed E-state index contributed by atoms with van der Waals surface area (Å²) in [6.45, 7) is 18.9. The van der Waals surface area contributed by atoms with E-state index >= 15 is 0 Å². The van der Waals surface area contributed by atoms with Gasteiger partial charge in [0.25, 0.3) is 0 Å². The van der Waals surface area contributed by atoms with Gasteiger partial charge in [-0.25, -0.2) is 9.52 Å². The summed E-state index contributed by atoms with van der Waals surface area (Å²) in [5.74, 6) is -1.48. The number of hydrogen-bond acceptors (Lipinski definition) is 13. The molecular weight excluding hydrogens is 670 g/mol. The molecule has 288 valence electrons. The molecule has 0 radical (unpaired) electrons. The third kappa shape index (κ3) is 12.9. The number of nitrogens with one attached hydrogen (secondary N) is 3. The van der Waals surface area contributed by atoms with Gasteiger partial charge in [0.2, 0.25) is 5.91 Å². The standard InChI is InChI=1S/C34H62ClN7O8/c1-8-12-27(43)41(16-15-37-24(3)21-25(36-9-2)13-10-11-14-38-35)22-26-23-42(40-39-26)17-18-44-19-20-45-31-29-28(47-33(4,5)49-31)30-32(46-29)50-34(6,7)48-30/h23-25,28-32,36-38H,8-22H2,1-7H3. The van der Waals surface area contributed by atoms with Crippen molar-refractivity contribution in [1.29, 1.82) is 0 Å². The van der Waals surface area contributed by atoms with Crippen LogP contribution in [0.1, 0.15) is 92.7 Å². The maximum atomic E-state index is 13.0. The number of carbonyl (C=O) groups excluding carboxylic acids is 1. The van der Waals surface area contributed by atoms with Crippen LogP contribution < -0.4 is 15.5 Å². The average molecular weight is 732 g/mol. The first kappa shape index (κ1) is 41.3. The summed E-state index contributed by atoms with van der Waals surface area (Å²) >= 11 is 5.59. The molecule has 1 amide bonds. The Morgan fingerprint density at radius 1 is 1.02 bits per heavy atom. The summed E-state index contributed by atoms with van der Waals surface area (Å²) in [5.41, 5.74) is 0.746. The minimum Gasteiger partial charge on any atom is -0.377 e. The molecule has 0 saturated carbocycles. The zero-order chi connectivity index (χ0) is 36.1. The van der Waals surface area contributed by atoms with Gasteiger partial charge in [0.05, 0.1) is 39.1 Å². The monoisotopic (exact) mass is 731 g/mol. The Labute approximate surface area is 303 Å². The maximum Gasteiger partial charge on any atom is 0.222 e. The Bertz CT molecular complexity index is 1150. The van der Waals surface area contributed by atoms with Crippen molar-refractivity contribution in [1.82, 2.24) is 35.4 Å². The highest BCUT2D eigenvalue weighted by molar-refractivity contribution is 6.13. The number of rotatable bonds is 24. The van der Waals surface area contributed by atoms with Crippen LogP contribution in [0.2, 0.25) is 0 Å². The molecule has 7 unspecified atom stereocenters. The van der Waals surface area contributed by atoms with Gasteiger partial charge >= 0.3 is 0 Å². The van der Waals surface area contributed by atoms with E-state index in [0.717, 1.165) is 50.9 Å². The number of aromatic nitrogens is 3. The largest absolute Gasteiger partial charge is 0.377 e. The lowest BCUT2D eigenvalue weighted by atomic mass is 10.0. The molecule has 3 fully saturated rings. The van der Waals surface area contributed by atoms with Gasteiger partial charge < -0.3 is 48.7 Å². The van der Waals surface area contributed by atoms with Gasteiger partial charge in [-0.3, -0.25) is 4.79 Å². The van der Waals surface area contributed by atoms with Crippen molar-refractivity contribution in [2.24, 2.45) is 0 Å². The summed E-state index contributed by atoms with van der Waals surface area (Å²) in [7, 11) is 0. The number of carbonyl (C=O) groups is 1. The van der Waals surface area contributed by atoms with Crippen LogP contribution in [0.4, 0.5) is 0 Å². The third-order valence-electron chi connectivity index (χ3n) is 8.92. The lowest BCUT2D eigenvalue weighted by molar-refractivity contribution is -0.389. The second-order valence-corrected chi connectivity index (χ2v) is 14.6. The Morgan fingerprint density at radius 2 is 1.80 bits per heavy atom. The van der Waals surface area contributed by atoms with Gasteiger partial charge in [0.1, 0.15) is 24.0 Å². The molecule has 1 aromatic rings.